The first-order valence-corrected chi connectivity index (χ1v) is 41.3. The van der Waals surface area contributed by atoms with E-state index in [9.17, 15) is 0 Å². The first-order valence-electron chi connectivity index (χ1n) is 37.8. The number of hydrogen-bond acceptors (Lipinski definition) is 2. The molecule has 0 atom stereocenters. The van der Waals surface area contributed by atoms with Crippen LogP contribution in [0, 0.1) is 0 Å². The molecule has 0 radical (unpaired) electrons. The minimum absolute atomic E-state index is 0.529. The molecular formula is C95H101NOSi. The fourth-order valence-electron chi connectivity index (χ4n) is 16.8. The molecule has 11 aromatic carbocycles. The molecule has 2 nitrogen and oxygen atoms in total. The summed E-state index contributed by atoms with van der Waals surface area (Å²) in [6.07, 6.45) is 24.6. The minimum Gasteiger partial charge on any atom is -0.453 e. The normalized spacial score (nSPS) is 13.7. The smallest absolute Gasteiger partial charge is 0.152 e. The van der Waals surface area contributed by atoms with Gasteiger partial charge in [0.2, 0.25) is 0 Å². The van der Waals surface area contributed by atoms with Crippen molar-refractivity contribution < 1.29 is 4.74 Å². The lowest BCUT2D eigenvalue weighted by atomic mass is 9.67. The van der Waals surface area contributed by atoms with Crippen LogP contribution in [0.1, 0.15) is 197 Å². The van der Waals surface area contributed by atoms with Crippen LogP contribution < -0.4 is 14.8 Å². The third-order valence-electron chi connectivity index (χ3n) is 22.2. The Morgan fingerprint density at radius 1 is 0.296 bits per heavy atom. The molecule has 1 aliphatic heterocycles. The second kappa shape index (κ2) is 29.4. The molecule has 3 heteroatoms. The van der Waals surface area contributed by atoms with Crippen LogP contribution in [-0.2, 0) is 36.5 Å². The van der Waals surface area contributed by atoms with Crippen LogP contribution in [0.5, 0.6) is 11.5 Å². The molecule has 98 heavy (non-hydrogen) atoms. The van der Waals surface area contributed by atoms with Crippen LogP contribution >= 0.6 is 0 Å². The van der Waals surface area contributed by atoms with E-state index >= 15 is 0 Å². The van der Waals surface area contributed by atoms with E-state index in [2.05, 4.69) is 295 Å². The average Bonchev–Trinajstić information content (AvgIpc) is 1.53. The standard InChI is InChI=1S/C95H101NOSi/c1-8-12-16-20-28-68-36-48-76(49-37-68)94(77-50-38-69(39-51-77)29-21-17-13-9-2)86-34-26-24-32-82(86)84-60-44-72(64-88(84)94)74-46-62-90-92(66-74)97-93-67-75(47-63-91(93)96(90)80-56-58-81(59-57-80)98(5,6)7)73-45-61-85-83-33-25-27-35-87(83)95(89(85)65-73,78-52-40-70(41-53-78)30-22-18-14-10-3)79-54-42-71(43-55-79)31-23-19-15-11-4/h24-27,32-67H,8-23,28-31H2,1-7H3. The van der Waals surface area contributed by atoms with E-state index in [1.165, 1.54) is 208 Å². The molecule has 0 amide bonds. The quantitative estimate of drug-likeness (QED) is 0.0358. The molecule has 2 aliphatic carbocycles. The SMILES string of the molecule is CCCCCCc1ccc(C2(c3ccc(CCCCCC)cc3)c3ccccc3-c3ccc(-c4ccc5c(c4)Oc4cc(-c6ccc7c(c6)C(c6ccc(CCCCCC)cc6)(c6ccc(CCCCCC)cc6)c6ccccc6-7)ccc4N5c4ccc([Si](C)(C)C)cc4)cc32)cc1. The second-order valence-electron chi connectivity index (χ2n) is 29.7. The van der Waals surface area contributed by atoms with E-state index in [1.807, 2.05) is 0 Å². The van der Waals surface area contributed by atoms with Crippen molar-refractivity contribution in [3.8, 4) is 56.0 Å². The van der Waals surface area contributed by atoms with Gasteiger partial charge in [0.05, 0.1) is 30.3 Å². The van der Waals surface area contributed by atoms with Gasteiger partial charge in [-0.25, -0.2) is 0 Å². The Kier molecular flexibility index (Phi) is 19.9. The van der Waals surface area contributed by atoms with Gasteiger partial charge in [-0.3, -0.25) is 0 Å². The number of nitrogens with zero attached hydrogens (tertiary/aromatic N) is 1. The Morgan fingerprint density at radius 2 is 0.612 bits per heavy atom. The number of anilines is 3. The number of fused-ring (bicyclic) bond motifs is 8. The molecule has 0 saturated heterocycles. The van der Waals surface area contributed by atoms with Crippen LogP contribution in [0.15, 0.2) is 243 Å². The molecule has 11 aromatic rings. The Morgan fingerprint density at radius 3 is 0.949 bits per heavy atom. The van der Waals surface area contributed by atoms with Crippen LogP contribution in [-0.4, -0.2) is 8.07 Å². The molecule has 0 spiro atoms. The van der Waals surface area contributed by atoms with Crippen molar-refractivity contribution in [2.45, 2.75) is 187 Å². The highest BCUT2D eigenvalue weighted by atomic mass is 28.3. The molecule has 0 N–H and O–H groups in total. The summed E-state index contributed by atoms with van der Waals surface area (Å²) in [5, 5.41) is 1.44. The van der Waals surface area contributed by atoms with E-state index in [0.29, 0.717) is 0 Å². The maximum absolute atomic E-state index is 7.45. The van der Waals surface area contributed by atoms with Crippen molar-refractivity contribution in [2.24, 2.45) is 0 Å². The topological polar surface area (TPSA) is 12.5 Å². The lowest BCUT2D eigenvalue weighted by molar-refractivity contribution is 0.477. The second-order valence-corrected chi connectivity index (χ2v) is 34.8. The lowest BCUT2D eigenvalue weighted by Crippen LogP contribution is -2.37. The van der Waals surface area contributed by atoms with Crippen molar-refractivity contribution in [3.05, 3.63) is 309 Å². The van der Waals surface area contributed by atoms with Gasteiger partial charge in [0.15, 0.2) is 11.5 Å². The Labute approximate surface area is 588 Å². The molecule has 0 bridgehead atoms. The Hall–Kier alpha value is -8.76. The van der Waals surface area contributed by atoms with Gasteiger partial charge in [-0.15, -0.1) is 0 Å². The van der Waals surface area contributed by atoms with E-state index in [0.717, 1.165) is 65.4 Å². The summed E-state index contributed by atoms with van der Waals surface area (Å²) in [6, 6.07) is 95.3. The molecule has 0 unspecified atom stereocenters. The zero-order valence-corrected chi connectivity index (χ0v) is 60.6. The predicted molar refractivity (Wildman–Crippen MR) is 421 cm³/mol. The van der Waals surface area contributed by atoms with E-state index in [-0.39, 0.29) is 0 Å². The molecule has 1 heterocycles. The van der Waals surface area contributed by atoms with Crippen LogP contribution in [0.2, 0.25) is 19.6 Å². The molecule has 14 rings (SSSR count). The molecular weight excluding hydrogens is 1200 g/mol. The third-order valence-corrected chi connectivity index (χ3v) is 24.3. The summed E-state index contributed by atoms with van der Waals surface area (Å²) >= 11 is 0. The summed E-state index contributed by atoms with van der Waals surface area (Å²) < 4.78 is 7.45. The highest BCUT2D eigenvalue weighted by Gasteiger charge is 2.48. The fourth-order valence-corrected chi connectivity index (χ4v) is 17.9. The lowest BCUT2D eigenvalue weighted by Gasteiger charge is -2.35. The van der Waals surface area contributed by atoms with Crippen LogP contribution in [0.4, 0.5) is 17.1 Å². The van der Waals surface area contributed by atoms with Gasteiger partial charge in [-0.05, 0) is 211 Å². The molecule has 0 fully saturated rings. The Balaban J connectivity index is 0.877. The van der Waals surface area contributed by atoms with Gasteiger partial charge in [0.1, 0.15) is 0 Å². The fraction of sp³-hybridized carbons (Fsp3) is 0.305. The van der Waals surface area contributed by atoms with Crippen LogP contribution in [0.3, 0.4) is 0 Å². The van der Waals surface area contributed by atoms with Gasteiger partial charge >= 0.3 is 0 Å². The van der Waals surface area contributed by atoms with E-state index < -0.39 is 18.9 Å². The van der Waals surface area contributed by atoms with Gasteiger partial charge in [0.25, 0.3) is 0 Å². The minimum atomic E-state index is -1.59. The first kappa shape index (κ1) is 66.5. The maximum atomic E-state index is 7.45. The summed E-state index contributed by atoms with van der Waals surface area (Å²) in [7, 11) is -1.59. The highest BCUT2D eigenvalue weighted by Crippen LogP contribution is 2.60. The number of benzene rings is 11. The largest absolute Gasteiger partial charge is 0.453 e. The number of unbranched alkanes of at least 4 members (excludes halogenated alkanes) is 12. The van der Waals surface area contributed by atoms with Gasteiger partial charge < -0.3 is 9.64 Å². The van der Waals surface area contributed by atoms with Gasteiger partial charge in [0, 0.05) is 5.69 Å². The third kappa shape index (κ3) is 12.8. The number of aryl methyl sites for hydroxylation is 4. The zero-order valence-electron chi connectivity index (χ0n) is 59.6. The average molecular weight is 1300 g/mol. The highest BCUT2D eigenvalue weighted by molar-refractivity contribution is 6.88. The number of hydrogen-bond donors (Lipinski definition) is 0. The maximum Gasteiger partial charge on any atom is 0.152 e. The van der Waals surface area contributed by atoms with Crippen molar-refractivity contribution >= 4 is 30.3 Å². The van der Waals surface area contributed by atoms with Crippen molar-refractivity contribution in [3.63, 3.8) is 0 Å². The van der Waals surface area contributed by atoms with Crippen molar-refractivity contribution in [1.29, 1.82) is 0 Å². The van der Waals surface area contributed by atoms with Gasteiger partial charge in [-0.1, -0.05) is 324 Å². The number of ether oxygens (including phenoxy) is 1. The molecule has 3 aliphatic rings. The Bertz CT molecular complexity index is 4170. The molecule has 0 saturated carbocycles. The molecule has 0 aromatic heterocycles. The summed E-state index contributed by atoms with van der Waals surface area (Å²) in [6.45, 7) is 16.5. The number of rotatable bonds is 28. The summed E-state index contributed by atoms with van der Waals surface area (Å²) in [4.78, 5) is 2.44. The summed E-state index contributed by atoms with van der Waals surface area (Å²) in [5.74, 6) is 1.68. The van der Waals surface area contributed by atoms with Gasteiger partial charge in [-0.2, -0.15) is 0 Å². The van der Waals surface area contributed by atoms with Crippen LogP contribution in [0.25, 0.3) is 44.5 Å². The predicted octanol–water partition coefficient (Wildman–Crippen LogP) is 26.4. The molecule has 496 valence electrons. The first-order chi connectivity index (χ1) is 48.0. The van der Waals surface area contributed by atoms with E-state index in [1.54, 1.807) is 0 Å². The summed E-state index contributed by atoms with van der Waals surface area (Å²) in [5.41, 5.74) is 28.2. The van der Waals surface area contributed by atoms with Crippen molar-refractivity contribution in [2.75, 3.05) is 4.90 Å². The monoisotopic (exact) mass is 1300 g/mol. The van der Waals surface area contributed by atoms with E-state index in [4.69, 9.17) is 4.74 Å². The zero-order chi connectivity index (χ0) is 67.2. The van der Waals surface area contributed by atoms with Crippen molar-refractivity contribution in [1.82, 2.24) is 0 Å².